The molecular weight excluding hydrogens is 334 g/mol. The van der Waals surface area contributed by atoms with E-state index in [-0.39, 0.29) is 22.9 Å². The van der Waals surface area contributed by atoms with Crippen molar-refractivity contribution in [1.29, 1.82) is 0 Å². The second-order valence-corrected chi connectivity index (χ2v) is 6.24. The molecule has 0 radical (unpaired) electrons. The number of nitrogens with one attached hydrogen (secondary N) is 1. The van der Waals surface area contributed by atoms with E-state index in [4.69, 9.17) is 4.74 Å². The highest BCUT2D eigenvalue weighted by atomic mass is 16.6. The third-order valence-electron chi connectivity index (χ3n) is 4.50. The zero-order valence-electron chi connectivity index (χ0n) is 14.6. The van der Waals surface area contributed by atoms with Gasteiger partial charge in [0.1, 0.15) is 0 Å². The van der Waals surface area contributed by atoms with Gasteiger partial charge in [0, 0.05) is 23.9 Å². The molecule has 2 aromatic carbocycles. The van der Waals surface area contributed by atoms with E-state index in [1.165, 1.54) is 38.2 Å². The number of carbonyl (C=O) groups excluding carboxylic acids is 1. The Labute approximate surface area is 151 Å². The van der Waals surface area contributed by atoms with Crippen molar-refractivity contribution in [2.75, 3.05) is 25.5 Å². The van der Waals surface area contributed by atoms with Crippen LogP contribution in [0.3, 0.4) is 0 Å². The number of para-hydroxylation sites is 1. The Morgan fingerprint density at radius 1 is 1.23 bits per heavy atom. The van der Waals surface area contributed by atoms with Crippen LogP contribution in [0.2, 0.25) is 0 Å². The van der Waals surface area contributed by atoms with Crippen LogP contribution >= 0.6 is 0 Å². The number of nitro benzene ring substituents is 1. The van der Waals surface area contributed by atoms with Crippen LogP contribution in [0.4, 0.5) is 11.4 Å². The number of benzene rings is 2. The Kier molecular flexibility index (Phi) is 5.48. The van der Waals surface area contributed by atoms with Gasteiger partial charge in [0.2, 0.25) is 0 Å². The molecule has 1 heterocycles. The van der Waals surface area contributed by atoms with E-state index in [1.54, 1.807) is 0 Å². The molecule has 0 aliphatic carbocycles. The van der Waals surface area contributed by atoms with Crippen molar-refractivity contribution in [1.82, 2.24) is 4.90 Å². The second kappa shape index (κ2) is 7.97. The zero-order valence-corrected chi connectivity index (χ0v) is 14.6. The van der Waals surface area contributed by atoms with Crippen LogP contribution in [-0.4, -0.2) is 35.9 Å². The van der Waals surface area contributed by atoms with Crippen LogP contribution in [-0.2, 0) is 6.54 Å². The lowest BCUT2D eigenvalue weighted by Gasteiger charge is -2.18. The molecular formula is C19H21N3O4. The van der Waals surface area contributed by atoms with Crippen molar-refractivity contribution >= 4 is 17.3 Å². The quantitative estimate of drug-likeness (QED) is 0.634. The van der Waals surface area contributed by atoms with Crippen LogP contribution in [0, 0.1) is 10.1 Å². The Morgan fingerprint density at radius 3 is 2.65 bits per heavy atom. The lowest BCUT2D eigenvalue weighted by molar-refractivity contribution is -0.385. The highest BCUT2D eigenvalue weighted by molar-refractivity contribution is 6.05. The normalized spacial score (nSPS) is 14.2. The van der Waals surface area contributed by atoms with Crippen molar-refractivity contribution < 1.29 is 14.5 Å². The molecule has 0 unspecified atom stereocenters. The number of anilines is 1. The van der Waals surface area contributed by atoms with Crippen molar-refractivity contribution in [3.05, 3.63) is 63.7 Å². The van der Waals surface area contributed by atoms with Gasteiger partial charge in [0.15, 0.2) is 5.75 Å². The fourth-order valence-electron chi connectivity index (χ4n) is 3.13. The molecule has 1 amide bonds. The van der Waals surface area contributed by atoms with Gasteiger partial charge in [-0.05, 0) is 49.7 Å². The molecule has 0 spiro atoms. The standard InChI is InChI=1S/C19H21N3O4/c1-26-18-9-8-14(12-17(18)22(24)25)19(23)20-16-7-3-2-6-15(16)13-21-10-4-5-11-21/h2-3,6-9,12H,4-5,10-11,13H2,1H3,(H,20,23). The van der Waals surface area contributed by atoms with E-state index in [1.807, 2.05) is 24.3 Å². The van der Waals surface area contributed by atoms with Crippen molar-refractivity contribution in [3.8, 4) is 5.75 Å². The maximum atomic E-state index is 12.6. The summed E-state index contributed by atoms with van der Waals surface area (Å²) in [5.74, 6) is -0.259. The lowest BCUT2D eigenvalue weighted by Crippen LogP contribution is -2.20. The number of amides is 1. The van der Waals surface area contributed by atoms with Crippen LogP contribution in [0.5, 0.6) is 5.75 Å². The first kappa shape index (κ1) is 17.9. The number of carbonyl (C=O) groups is 1. The summed E-state index contributed by atoms with van der Waals surface area (Å²) in [5.41, 5.74) is 1.74. The third kappa shape index (κ3) is 4.00. The van der Waals surface area contributed by atoms with Gasteiger partial charge in [-0.1, -0.05) is 18.2 Å². The minimum atomic E-state index is -0.559. The van der Waals surface area contributed by atoms with Crippen LogP contribution in [0.25, 0.3) is 0 Å². The Balaban J connectivity index is 1.80. The minimum absolute atomic E-state index is 0.126. The number of methoxy groups -OCH3 is 1. The summed E-state index contributed by atoms with van der Waals surface area (Å²) in [6, 6.07) is 11.8. The first-order valence-corrected chi connectivity index (χ1v) is 8.52. The van der Waals surface area contributed by atoms with Crippen LogP contribution in [0.15, 0.2) is 42.5 Å². The first-order valence-electron chi connectivity index (χ1n) is 8.52. The molecule has 2 aromatic rings. The first-order chi connectivity index (χ1) is 12.6. The highest BCUT2D eigenvalue weighted by Crippen LogP contribution is 2.28. The number of nitro groups is 1. The van der Waals surface area contributed by atoms with Gasteiger partial charge in [0.25, 0.3) is 5.91 Å². The third-order valence-corrected chi connectivity index (χ3v) is 4.50. The van der Waals surface area contributed by atoms with Gasteiger partial charge in [-0.15, -0.1) is 0 Å². The Bertz CT molecular complexity index is 816. The number of hydrogen-bond donors (Lipinski definition) is 1. The zero-order chi connectivity index (χ0) is 18.5. The number of nitrogens with zero attached hydrogens (tertiary/aromatic N) is 2. The molecule has 26 heavy (non-hydrogen) atoms. The van der Waals surface area contributed by atoms with Crippen molar-refractivity contribution in [3.63, 3.8) is 0 Å². The predicted molar refractivity (Wildman–Crippen MR) is 98.6 cm³/mol. The highest BCUT2D eigenvalue weighted by Gasteiger charge is 2.19. The molecule has 3 rings (SSSR count). The van der Waals surface area contributed by atoms with Crippen molar-refractivity contribution in [2.24, 2.45) is 0 Å². The van der Waals surface area contributed by atoms with E-state index in [2.05, 4.69) is 10.2 Å². The lowest BCUT2D eigenvalue weighted by atomic mass is 10.1. The molecule has 1 saturated heterocycles. The summed E-state index contributed by atoms with van der Waals surface area (Å²) in [6.45, 7) is 2.90. The predicted octanol–water partition coefficient (Wildman–Crippen LogP) is 3.45. The minimum Gasteiger partial charge on any atom is -0.490 e. The van der Waals surface area contributed by atoms with Crippen molar-refractivity contribution in [2.45, 2.75) is 19.4 Å². The topological polar surface area (TPSA) is 84.7 Å². The molecule has 1 aliphatic heterocycles. The largest absolute Gasteiger partial charge is 0.490 e. The summed E-state index contributed by atoms with van der Waals surface area (Å²) in [5, 5.41) is 14.0. The molecule has 1 fully saturated rings. The molecule has 7 heteroatoms. The fraction of sp³-hybridized carbons (Fsp3) is 0.316. The smallest absolute Gasteiger partial charge is 0.311 e. The maximum absolute atomic E-state index is 12.6. The molecule has 7 nitrogen and oxygen atoms in total. The molecule has 0 bridgehead atoms. The second-order valence-electron chi connectivity index (χ2n) is 6.24. The molecule has 1 N–H and O–H groups in total. The number of likely N-dealkylation sites (tertiary alicyclic amines) is 1. The van der Waals surface area contributed by atoms with E-state index >= 15 is 0 Å². The number of ether oxygens (including phenoxy) is 1. The number of hydrogen-bond acceptors (Lipinski definition) is 5. The molecule has 0 saturated carbocycles. The summed E-state index contributed by atoms with van der Waals surface area (Å²) >= 11 is 0. The number of rotatable bonds is 6. The SMILES string of the molecule is COc1ccc(C(=O)Nc2ccccc2CN2CCCC2)cc1[N+](=O)[O-]. The summed E-state index contributed by atoms with van der Waals surface area (Å²) in [7, 11) is 1.36. The van der Waals surface area contributed by atoms with Crippen LogP contribution < -0.4 is 10.1 Å². The van der Waals surface area contributed by atoms with Gasteiger partial charge in [-0.2, -0.15) is 0 Å². The molecule has 0 atom stereocenters. The van der Waals surface area contributed by atoms with Gasteiger partial charge in [0.05, 0.1) is 12.0 Å². The molecule has 1 aliphatic rings. The summed E-state index contributed by atoms with van der Waals surface area (Å²) < 4.78 is 4.97. The fourth-order valence-corrected chi connectivity index (χ4v) is 3.13. The van der Waals surface area contributed by atoms with E-state index < -0.39 is 4.92 Å². The van der Waals surface area contributed by atoms with E-state index in [0.717, 1.165) is 30.9 Å². The summed E-state index contributed by atoms with van der Waals surface area (Å²) in [4.78, 5) is 25.5. The van der Waals surface area contributed by atoms with Gasteiger partial charge < -0.3 is 10.1 Å². The van der Waals surface area contributed by atoms with Crippen LogP contribution in [0.1, 0.15) is 28.8 Å². The average Bonchev–Trinajstić information content (AvgIpc) is 3.15. The van der Waals surface area contributed by atoms with Gasteiger partial charge >= 0.3 is 5.69 Å². The Hall–Kier alpha value is -2.93. The van der Waals surface area contributed by atoms with E-state index in [9.17, 15) is 14.9 Å². The Morgan fingerprint density at radius 2 is 1.96 bits per heavy atom. The van der Waals surface area contributed by atoms with Gasteiger partial charge in [-0.25, -0.2) is 0 Å². The maximum Gasteiger partial charge on any atom is 0.311 e. The summed E-state index contributed by atoms with van der Waals surface area (Å²) in [6.07, 6.45) is 2.40. The molecule has 0 aromatic heterocycles. The molecule has 136 valence electrons. The van der Waals surface area contributed by atoms with Gasteiger partial charge in [-0.3, -0.25) is 19.8 Å². The monoisotopic (exact) mass is 355 g/mol. The average molecular weight is 355 g/mol. The van der Waals surface area contributed by atoms with E-state index in [0.29, 0.717) is 0 Å².